The van der Waals surface area contributed by atoms with Crippen LogP contribution in [-0.4, -0.2) is 15.9 Å². The van der Waals surface area contributed by atoms with Crippen LogP contribution in [0.15, 0.2) is 40.4 Å². The molecule has 0 fully saturated rings. The smallest absolute Gasteiger partial charge is 0.253 e. The molecule has 5 N–H and O–H groups in total. The van der Waals surface area contributed by atoms with Crippen LogP contribution in [0, 0.1) is 13.8 Å². The Hall–Kier alpha value is -2.34. The fourth-order valence-electron chi connectivity index (χ4n) is 1.22. The number of halogens is 1. The summed E-state index contributed by atoms with van der Waals surface area (Å²) in [6, 6.07) is 6.93. The summed E-state index contributed by atoms with van der Waals surface area (Å²) in [6.07, 6.45) is 1.41. The minimum Gasteiger partial charge on any atom is -0.370 e. The molecular weight excluding hydrogens is 278 g/mol. The number of nitrogens with zero attached hydrogens (tertiary/aromatic N) is 2. The fourth-order valence-corrected chi connectivity index (χ4v) is 1.35. The summed E-state index contributed by atoms with van der Waals surface area (Å²) in [5.74, 6) is 0.0484. The molecule has 1 heterocycles. The van der Waals surface area contributed by atoms with Crippen molar-refractivity contribution < 1.29 is 0 Å². The van der Waals surface area contributed by atoms with E-state index in [4.69, 9.17) is 23.1 Å². The highest BCUT2D eigenvalue weighted by Gasteiger charge is 1.94. The number of guanidine groups is 1. The van der Waals surface area contributed by atoms with Crippen molar-refractivity contribution in [2.24, 2.45) is 16.5 Å². The van der Waals surface area contributed by atoms with E-state index < -0.39 is 0 Å². The normalized spacial score (nSPS) is 9.35. The molecule has 106 valence electrons. The summed E-state index contributed by atoms with van der Waals surface area (Å²) < 4.78 is 0. The van der Waals surface area contributed by atoms with Crippen molar-refractivity contribution in [1.29, 1.82) is 0 Å². The van der Waals surface area contributed by atoms with E-state index in [9.17, 15) is 4.79 Å². The number of aromatic nitrogens is 2. The summed E-state index contributed by atoms with van der Waals surface area (Å²) in [5.41, 5.74) is 12.4. The molecule has 0 bridgehead atoms. The van der Waals surface area contributed by atoms with Crippen LogP contribution in [0.3, 0.4) is 0 Å². The van der Waals surface area contributed by atoms with Gasteiger partial charge < -0.3 is 16.5 Å². The van der Waals surface area contributed by atoms with Gasteiger partial charge >= 0.3 is 0 Å². The highest BCUT2D eigenvalue weighted by molar-refractivity contribution is 6.30. The quantitative estimate of drug-likeness (QED) is 0.548. The number of H-pyrrole nitrogens is 1. The number of hydrogen-bond acceptors (Lipinski definition) is 3. The van der Waals surface area contributed by atoms with Crippen LogP contribution in [0.25, 0.3) is 0 Å². The van der Waals surface area contributed by atoms with Crippen LogP contribution in [-0.2, 0) is 0 Å². The SMILES string of the molecule is Cc1nc[nH]c(=O)c1C.NC(N)=Nc1ccc(Cl)cc1. The number of aryl methyl sites for hydroxylation is 1. The topological polar surface area (TPSA) is 110 Å². The van der Waals surface area contributed by atoms with Crippen molar-refractivity contribution in [2.75, 3.05) is 0 Å². The number of aliphatic imine (C=N–C) groups is 1. The van der Waals surface area contributed by atoms with Gasteiger partial charge in [-0.1, -0.05) is 11.6 Å². The number of nitrogens with one attached hydrogen (secondary N) is 1. The molecule has 0 aliphatic rings. The van der Waals surface area contributed by atoms with Gasteiger partial charge in [0, 0.05) is 16.3 Å². The molecule has 0 unspecified atom stereocenters. The van der Waals surface area contributed by atoms with Crippen molar-refractivity contribution in [1.82, 2.24) is 9.97 Å². The monoisotopic (exact) mass is 293 g/mol. The highest BCUT2D eigenvalue weighted by Crippen LogP contribution is 2.15. The molecule has 0 saturated heterocycles. The first-order valence-corrected chi connectivity index (χ1v) is 6.14. The number of aromatic amines is 1. The Morgan fingerprint density at radius 1 is 1.25 bits per heavy atom. The zero-order valence-electron chi connectivity index (χ0n) is 11.2. The Kier molecular flexibility index (Phi) is 5.74. The van der Waals surface area contributed by atoms with E-state index in [0.29, 0.717) is 16.3 Å². The van der Waals surface area contributed by atoms with Crippen LogP contribution in [0.4, 0.5) is 5.69 Å². The zero-order chi connectivity index (χ0) is 15.1. The lowest BCUT2D eigenvalue weighted by molar-refractivity contribution is 1.02. The minimum atomic E-state index is -0.0532. The van der Waals surface area contributed by atoms with Gasteiger partial charge in [-0.05, 0) is 38.1 Å². The van der Waals surface area contributed by atoms with E-state index in [1.54, 1.807) is 31.2 Å². The Morgan fingerprint density at radius 2 is 1.85 bits per heavy atom. The van der Waals surface area contributed by atoms with Crippen molar-refractivity contribution >= 4 is 23.2 Å². The Morgan fingerprint density at radius 3 is 2.30 bits per heavy atom. The van der Waals surface area contributed by atoms with Crippen LogP contribution >= 0.6 is 11.6 Å². The molecule has 2 aromatic rings. The summed E-state index contributed by atoms with van der Waals surface area (Å²) in [6.45, 7) is 3.56. The van der Waals surface area contributed by atoms with Gasteiger partial charge in [0.1, 0.15) is 0 Å². The highest BCUT2D eigenvalue weighted by atomic mass is 35.5. The lowest BCUT2D eigenvalue weighted by Gasteiger charge is -1.93. The molecule has 7 heteroatoms. The average Bonchev–Trinajstić information content (AvgIpc) is 2.39. The predicted molar refractivity (Wildman–Crippen MR) is 81.3 cm³/mol. The maximum Gasteiger partial charge on any atom is 0.253 e. The van der Waals surface area contributed by atoms with Gasteiger partial charge in [0.2, 0.25) is 0 Å². The van der Waals surface area contributed by atoms with Gasteiger partial charge in [-0.2, -0.15) is 0 Å². The first-order valence-electron chi connectivity index (χ1n) is 5.76. The first kappa shape index (κ1) is 15.7. The standard InChI is InChI=1S/C7H8ClN3.C6H8N2O/c8-5-1-3-6(4-2-5)11-7(9)10;1-4-5(2)7-3-8-6(4)9/h1-4H,(H4,9,10,11);3H,1-2H3,(H,7,8,9). The molecule has 0 saturated carbocycles. The third-order valence-electron chi connectivity index (χ3n) is 2.42. The molecule has 0 spiro atoms. The van der Waals surface area contributed by atoms with E-state index in [0.717, 1.165) is 5.69 Å². The first-order chi connectivity index (χ1) is 9.40. The van der Waals surface area contributed by atoms with Gasteiger partial charge in [-0.15, -0.1) is 0 Å². The van der Waals surface area contributed by atoms with E-state index in [-0.39, 0.29) is 11.5 Å². The second-order valence-corrected chi connectivity index (χ2v) is 4.39. The maximum atomic E-state index is 10.7. The zero-order valence-corrected chi connectivity index (χ0v) is 12.0. The molecule has 0 aliphatic carbocycles. The summed E-state index contributed by atoms with van der Waals surface area (Å²) in [5, 5.41) is 0.666. The molecule has 0 amide bonds. The Bertz CT molecular complexity index is 645. The van der Waals surface area contributed by atoms with E-state index >= 15 is 0 Å². The van der Waals surface area contributed by atoms with Gasteiger partial charge in [-0.3, -0.25) is 4.79 Å². The van der Waals surface area contributed by atoms with Crippen molar-refractivity contribution in [3.05, 3.63) is 57.2 Å². The fraction of sp³-hybridized carbons (Fsp3) is 0.154. The maximum absolute atomic E-state index is 10.7. The minimum absolute atomic E-state index is 0.0484. The third kappa shape index (κ3) is 5.11. The Labute approximate surface area is 121 Å². The number of benzene rings is 1. The average molecular weight is 294 g/mol. The number of nitrogens with two attached hydrogens (primary N) is 2. The van der Waals surface area contributed by atoms with E-state index in [2.05, 4.69) is 15.0 Å². The largest absolute Gasteiger partial charge is 0.370 e. The second-order valence-electron chi connectivity index (χ2n) is 3.96. The van der Waals surface area contributed by atoms with Crippen molar-refractivity contribution in [3.8, 4) is 0 Å². The molecule has 0 atom stereocenters. The number of hydrogen-bond donors (Lipinski definition) is 3. The van der Waals surface area contributed by atoms with E-state index in [1.165, 1.54) is 6.33 Å². The van der Waals surface area contributed by atoms with E-state index in [1.807, 2.05) is 6.92 Å². The van der Waals surface area contributed by atoms with Crippen LogP contribution < -0.4 is 17.0 Å². The van der Waals surface area contributed by atoms with Gasteiger partial charge in [0.25, 0.3) is 5.56 Å². The van der Waals surface area contributed by atoms with Gasteiger partial charge in [0.15, 0.2) is 5.96 Å². The molecule has 0 aliphatic heterocycles. The lowest BCUT2D eigenvalue weighted by atomic mass is 10.3. The molecular formula is C13H16ClN5O. The van der Waals surface area contributed by atoms with Crippen LogP contribution in [0.2, 0.25) is 5.02 Å². The summed E-state index contributed by atoms with van der Waals surface area (Å²) in [4.78, 5) is 20.9. The molecule has 6 nitrogen and oxygen atoms in total. The van der Waals surface area contributed by atoms with Crippen LogP contribution in [0.5, 0.6) is 0 Å². The molecule has 20 heavy (non-hydrogen) atoms. The Balaban J connectivity index is 0.000000204. The summed E-state index contributed by atoms with van der Waals surface area (Å²) >= 11 is 5.64. The molecule has 2 rings (SSSR count). The predicted octanol–water partition coefficient (Wildman–Crippen LogP) is 1.63. The summed E-state index contributed by atoms with van der Waals surface area (Å²) in [7, 11) is 0. The van der Waals surface area contributed by atoms with Gasteiger partial charge in [-0.25, -0.2) is 9.98 Å². The van der Waals surface area contributed by atoms with Crippen molar-refractivity contribution in [3.63, 3.8) is 0 Å². The molecule has 1 aromatic heterocycles. The van der Waals surface area contributed by atoms with Crippen molar-refractivity contribution in [2.45, 2.75) is 13.8 Å². The second kappa shape index (κ2) is 7.30. The van der Waals surface area contributed by atoms with Gasteiger partial charge in [0.05, 0.1) is 12.0 Å². The molecule has 0 radical (unpaired) electrons. The third-order valence-corrected chi connectivity index (χ3v) is 2.67. The molecule has 1 aromatic carbocycles. The number of rotatable bonds is 1. The lowest BCUT2D eigenvalue weighted by Crippen LogP contribution is -2.21. The van der Waals surface area contributed by atoms with Crippen LogP contribution in [0.1, 0.15) is 11.3 Å².